The van der Waals surface area contributed by atoms with Gasteiger partial charge >= 0.3 is 0 Å². The van der Waals surface area contributed by atoms with Crippen LogP contribution in [0.1, 0.15) is 18.5 Å². The highest BCUT2D eigenvalue weighted by Crippen LogP contribution is 2.26. The zero-order valence-electron chi connectivity index (χ0n) is 13.2. The van der Waals surface area contributed by atoms with E-state index in [4.69, 9.17) is 10.7 Å². The first-order valence-electron chi connectivity index (χ1n) is 8.03. The van der Waals surface area contributed by atoms with Crippen LogP contribution < -0.4 is 11.1 Å². The number of hydrogen-bond donors (Lipinski definition) is 2. The summed E-state index contributed by atoms with van der Waals surface area (Å²) >= 11 is 0. The second-order valence-corrected chi connectivity index (χ2v) is 6.27. The monoisotopic (exact) mass is 311 g/mol. The molecule has 0 amide bonds. The second kappa shape index (κ2) is 5.66. The summed E-state index contributed by atoms with van der Waals surface area (Å²) in [5.41, 5.74) is 10.0. The molecule has 1 aliphatic rings. The highest BCUT2D eigenvalue weighted by atomic mass is 15.3. The number of nitrogen functional groups attached to an aromatic ring is 1. The van der Waals surface area contributed by atoms with Crippen molar-refractivity contribution in [3.63, 3.8) is 0 Å². The largest absolute Gasteiger partial charge is 0.384 e. The van der Waals surface area contributed by atoms with Gasteiger partial charge in [0.25, 0.3) is 0 Å². The van der Waals surface area contributed by atoms with Crippen LogP contribution in [0.3, 0.4) is 0 Å². The number of fused-ring (bicyclic) bond motifs is 1. The Morgan fingerprint density at radius 2 is 2.09 bits per heavy atom. The lowest BCUT2D eigenvalue weighted by molar-refractivity contribution is 0.370. The summed E-state index contributed by atoms with van der Waals surface area (Å²) in [6.07, 6.45) is 8.97. The van der Waals surface area contributed by atoms with Crippen LogP contribution in [0.25, 0.3) is 16.8 Å². The molecule has 7 heteroatoms. The molecular formula is C16H21N7. The topological polar surface area (TPSA) is 86.1 Å². The van der Waals surface area contributed by atoms with E-state index in [0.717, 1.165) is 42.0 Å². The van der Waals surface area contributed by atoms with Gasteiger partial charge in [-0.2, -0.15) is 14.7 Å². The number of aryl methyl sites for hydroxylation is 1. The van der Waals surface area contributed by atoms with Crippen LogP contribution in [0.5, 0.6) is 0 Å². The lowest BCUT2D eigenvalue weighted by Crippen LogP contribution is -2.28. The lowest BCUT2D eigenvalue weighted by atomic mass is 9.93. The van der Waals surface area contributed by atoms with Crippen LogP contribution in [0, 0.1) is 5.92 Å². The molecule has 0 radical (unpaired) electrons. The number of nitrogens with one attached hydrogen (secondary N) is 1. The van der Waals surface area contributed by atoms with Gasteiger partial charge in [0, 0.05) is 36.1 Å². The van der Waals surface area contributed by atoms with Gasteiger partial charge in [0.15, 0.2) is 5.65 Å². The van der Waals surface area contributed by atoms with Gasteiger partial charge in [-0.1, -0.05) is 0 Å². The molecule has 0 spiro atoms. The van der Waals surface area contributed by atoms with Crippen molar-refractivity contribution in [1.82, 2.24) is 29.7 Å². The average molecular weight is 311 g/mol. The molecule has 120 valence electrons. The third-order valence-corrected chi connectivity index (χ3v) is 4.52. The Kier molecular flexibility index (Phi) is 3.49. The number of hydrogen-bond acceptors (Lipinski definition) is 5. The van der Waals surface area contributed by atoms with Crippen molar-refractivity contribution in [1.29, 1.82) is 0 Å². The Balaban J connectivity index is 1.72. The fraction of sp³-hybridized carbons (Fsp3) is 0.438. The van der Waals surface area contributed by atoms with Crippen LogP contribution in [-0.4, -0.2) is 37.5 Å². The van der Waals surface area contributed by atoms with Crippen molar-refractivity contribution >= 4 is 11.5 Å². The van der Waals surface area contributed by atoms with Crippen LogP contribution in [0.4, 0.5) is 5.82 Å². The van der Waals surface area contributed by atoms with E-state index in [2.05, 4.69) is 15.5 Å². The Labute approximate surface area is 134 Å². The van der Waals surface area contributed by atoms with Gasteiger partial charge in [-0.05, 0) is 38.3 Å². The molecule has 3 aromatic heterocycles. The molecule has 0 saturated carbocycles. The SMILES string of the molecule is Cn1cc(-c2cnn3c(N)cc(CC4CCNCC4)nc23)cn1. The summed E-state index contributed by atoms with van der Waals surface area (Å²) < 4.78 is 3.48. The predicted octanol–water partition coefficient (Wildman–Crippen LogP) is 1.25. The van der Waals surface area contributed by atoms with E-state index >= 15 is 0 Å². The first-order valence-corrected chi connectivity index (χ1v) is 8.03. The molecule has 0 bridgehead atoms. The van der Waals surface area contributed by atoms with Gasteiger partial charge in [0.1, 0.15) is 5.82 Å². The van der Waals surface area contributed by atoms with Crippen molar-refractivity contribution < 1.29 is 0 Å². The molecule has 0 atom stereocenters. The maximum absolute atomic E-state index is 6.19. The molecule has 1 saturated heterocycles. The van der Waals surface area contributed by atoms with E-state index in [1.165, 1.54) is 12.8 Å². The van der Waals surface area contributed by atoms with Gasteiger partial charge < -0.3 is 11.1 Å². The Hall–Kier alpha value is -2.41. The molecule has 0 aromatic carbocycles. The van der Waals surface area contributed by atoms with Crippen LogP contribution in [0.2, 0.25) is 0 Å². The molecule has 1 fully saturated rings. The van der Waals surface area contributed by atoms with E-state index in [0.29, 0.717) is 11.7 Å². The zero-order valence-corrected chi connectivity index (χ0v) is 13.2. The van der Waals surface area contributed by atoms with Gasteiger partial charge in [0.2, 0.25) is 0 Å². The highest BCUT2D eigenvalue weighted by Gasteiger charge is 2.17. The zero-order chi connectivity index (χ0) is 15.8. The van der Waals surface area contributed by atoms with E-state index in [1.807, 2.05) is 31.7 Å². The number of nitrogens with two attached hydrogens (primary N) is 1. The molecule has 0 aliphatic carbocycles. The Morgan fingerprint density at radius 1 is 1.26 bits per heavy atom. The van der Waals surface area contributed by atoms with Crippen molar-refractivity contribution in [3.05, 3.63) is 30.4 Å². The van der Waals surface area contributed by atoms with Gasteiger partial charge in [-0.15, -0.1) is 0 Å². The molecule has 4 heterocycles. The lowest BCUT2D eigenvalue weighted by Gasteiger charge is -2.22. The second-order valence-electron chi connectivity index (χ2n) is 6.27. The maximum atomic E-state index is 6.19. The third-order valence-electron chi connectivity index (χ3n) is 4.52. The Morgan fingerprint density at radius 3 is 2.83 bits per heavy atom. The highest BCUT2D eigenvalue weighted by molar-refractivity contribution is 5.77. The number of anilines is 1. The van der Waals surface area contributed by atoms with Crippen LogP contribution in [-0.2, 0) is 13.5 Å². The number of nitrogens with zero attached hydrogens (tertiary/aromatic N) is 5. The van der Waals surface area contributed by atoms with Crippen molar-refractivity contribution in [2.45, 2.75) is 19.3 Å². The van der Waals surface area contributed by atoms with Crippen LogP contribution in [0.15, 0.2) is 24.7 Å². The number of rotatable bonds is 3. The van der Waals surface area contributed by atoms with Crippen molar-refractivity contribution in [2.75, 3.05) is 18.8 Å². The summed E-state index contributed by atoms with van der Waals surface area (Å²) in [6.45, 7) is 2.19. The normalized spacial score (nSPS) is 16.2. The van der Waals surface area contributed by atoms with Crippen molar-refractivity contribution in [3.8, 4) is 11.1 Å². The first kappa shape index (κ1) is 14.2. The maximum Gasteiger partial charge on any atom is 0.165 e. The molecule has 4 rings (SSSR count). The average Bonchev–Trinajstić information content (AvgIpc) is 3.14. The predicted molar refractivity (Wildman–Crippen MR) is 88.9 cm³/mol. The van der Waals surface area contributed by atoms with Gasteiger partial charge in [-0.3, -0.25) is 4.68 Å². The number of aromatic nitrogens is 5. The minimum atomic E-state index is 0.633. The summed E-state index contributed by atoms with van der Waals surface area (Å²) in [7, 11) is 1.90. The first-order chi connectivity index (χ1) is 11.2. The molecular weight excluding hydrogens is 290 g/mol. The van der Waals surface area contributed by atoms with E-state index < -0.39 is 0 Å². The summed E-state index contributed by atoms with van der Waals surface area (Å²) in [5, 5.41) is 12.0. The summed E-state index contributed by atoms with van der Waals surface area (Å²) in [4.78, 5) is 4.84. The minimum absolute atomic E-state index is 0.633. The molecule has 23 heavy (non-hydrogen) atoms. The Bertz CT molecular complexity index is 826. The van der Waals surface area contributed by atoms with E-state index in [1.54, 1.807) is 9.20 Å². The molecule has 3 N–H and O–H groups in total. The standard InChI is InChI=1S/C16H21N7/c1-22-10-12(8-19-22)14-9-20-23-15(17)7-13(21-16(14)23)6-11-2-4-18-5-3-11/h7-11,18H,2-6,17H2,1H3. The van der Waals surface area contributed by atoms with Gasteiger partial charge in [0.05, 0.1) is 12.4 Å². The minimum Gasteiger partial charge on any atom is -0.384 e. The number of piperidine rings is 1. The molecule has 3 aromatic rings. The third kappa shape index (κ3) is 2.68. The summed E-state index contributed by atoms with van der Waals surface area (Å²) in [6, 6.07) is 1.95. The van der Waals surface area contributed by atoms with Gasteiger partial charge in [-0.25, -0.2) is 4.98 Å². The fourth-order valence-corrected chi connectivity index (χ4v) is 3.29. The quantitative estimate of drug-likeness (QED) is 0.760. The van der Waals surface area contributed by atoms with Crippen LogP contribution >= 0.6 is 0 Å². The fourth-order valence-electron chi connectivity index (χ4n) is 3.29. The van der Waals surface area contributed by atoms with E-state index in [9.17, 15) is 0 Å². The smallest absolute Gasteiger partial charge is 0.165 e. The van der Waals surface area contributed by atoms with Crippen molar-refractivity contribution in [2.24, 2.45) is 13.0 Å². The van der Waals surface area contributed by atoms with E-state index in [-0.39, 0.29) is 0 Å². The summed E-state index contributed by atoms with van der Waals surface area (Å²) in [5.74, 6) is 1.31. The molecule has 7 nitrogen and oxygen atoms in total. The molecule has 1 aliphatic heterocycles. The molecule has 0 unspecified atom stereocenters.